The smallest absolute Gasteiger partial charge is 0.260 e. The Bertz CT molecular complexity index is 1270. The van der Waals surface area contributed by atoms with Crippen LogP contribution in [0, 0.1) is 0 Å². The van der Waals surface area contributed by atoms with Crippen LogP contribution >= 0.6 is 23.1 Å². The highest BCUT2D eigenvalue weighted by atomic mass is 32.2. The van der Waals surface area contributed by atoms with Crippen molar-refractivity contribution in [3.05, 3.63) is 75.9 Å². The number of thioether (sulfide) groups is 1. The number of hydrogen-bond donors (Lipinski definition) is 3. The number of aromatic hydroxyl groups is 1. The first-order valence-corrected chi connectivity index (χ1v) is 10.8. The van der Waals surface area contributed by atoms with E-state index >= 15 is 0 Å². The number of aromatic nitrogens is 2. The summed E-state index contributed by atoms with van der Waals surface area (Å²) >= 11 is 2.53. The zero-order valence-electron chi connectivity index (χ0n) is 15.5. The van der Waals surface area contributed by atoms with E-state index in [4.69, 9.17) is 0 Å². The van der Waals surface area contributed by atoms with Crippen LogP contribution in [0.4, 0.5) is 0 Å². The number of phenols is 1. The van der Waals surface area contributed by atoms with E-state index in [9.17, 15) is 14.7 Å². The molecule has 150 valence electrons. The number of H-pyrrole nitrogens is 1. The summed E-state index contributed by atoms with van der Waals surface area (Å²) in [7, 11) is 0. The summed E-state index contributed by atoms with van der Waals surface area (Å²) in [6.45, 7) is 0. The van der Waals surface area contributed by atoms with Gasteiger partial charge in [-0.1, -0.05) is 42.1 Å². The van der Waals surface area contributed by atoms with E-state index < -0.39 is 0 Å². The number of carbonyl (C=O) groups excluding carboxylic acids is 1. The molecule has 4 rings (SSSR count). The fourth-order valence-electron chi connectivity index (χ4n) is 2.73. The van der Waals surface area contributed by atoms with Crippen LogP contribution in [0.15, 0.2) is 75.0 Å². The summed E-state index contributed by atoms with van der Waals surface area (Å²) in [5, 5.41) is 16.0. The summed E-state index contributed by atoms with van der Waals surface area (Å²) in [5.74, 6) is -0.111. The van der Waals surface area contributed by atoms with Crippen molar-refractivity contribution in [3.8, 4) is 16.9 Å². The number of thiophene rings is 1. The Labute approximate surface area is 179 Å². The van der Waals surface area contributed by atoms with Crippen molar-refractivity contribution in [2.45, 2.75) is 5.16 Å². The van der Waals surface area contributed by atoms with Gasteiger partial charge in [-0.2, -0.15) is 5.10 Å². The van der Waals surface area contributed by atoms with Gasteiger partial charge in [0.25, 0.3) is 11.5 Å². The SMILES string of the molecule is O=C(CSc1nc2scc(-c3ccccc3)c2c(=O)[nH]1)N/N=C/c1ccc(O)cc1. The molecule has 30 heavy (non-hydrogen) atoms. The molecule has 0 aliphatic carbocycles. The third kappa shape index (κ3) is 4.58. The third-order valence-electron chi connectivity index (χ3n) is 4.14. The number of carbonyl (C=O) groups is 1. The van der Waals surface area contributed by atoms with Gasteiger partial charge in [0.1, 0.15) is 10.6 Å². The molecule has 2 aromatic heterocycles. The van der Waals surface area contributed by atoms with Crippen molar-refractivity contribution >= 4 is 45.4 Å². The van der Waals surface area contributed by atoms with Crippen LogP contribution in [0.5, 0.6) is 5.75 Å². The first kappa shape index (κ1) is 19.9. The van der Waals surface area contributed by atoms with Crippen LogP contribution in [0.2, 0.25) is 0 Å². The van der Waals surface area contributed by atoms with E-state index in [-0.39, 0.29) is 23.0 Å². The molecular weight excluding hydrogens is 420 g/mol. The van der Waals surface area contributed by atoms with Gasteiger partial charge in [-0.3, -0.25) is 9.59 Å². The van der Waals surface area contributed by atoms with E-state index in [1.54, 1.807) is 12.1 Å². The van der Waals surface area contributed by atoms with E-state index in [0.717, 1.165) is 28.5 Å². The highest BCUT2D eigenvalue weighted by molar-refractivity contribution is 7.99. The number of phenolic OH excluding ortho intramolecular Hbond substituents is 1. The lowest BCUT2D eigenvalue weighted by atomic mass is 10.1. The van der Waals surface area contributed by atoms with E-state index in [2.05, 4.69) is 20.5 Å². The fraction of sp³-hybridized carbons (Fsp3) is 0.0476. The van der Waals surface area contributed by atoms with Crippen LogP contribution < -0.4 is 11.0 Å². The molecule has 2 heterocycles. The largest absolute Gasteiger partial charge is 0.508 e. The molecule has 4 aromatic rings. The van der Waals surface area contributed by atoms with Gasteiger partial charge in [-0.15, -0.1) is 11.3 Å². The maximum Gasteiger partial charge on any atom is 0.260 e. The van der Waals surface area contributed by atoms with Crippen LogP contribution in [0.25, 0.3) is 21.3 Å². The average molecular weight is 437 g/mol. The average Bonchev–Trinajstić information content (AvgIpc) is 3.19. The fourth-order valence-corrected chi connectivity index (χ4v) is 4.39. The van der Waals surface area contributed by atoms with Crippen molar-refractivity contribution < 1.29 is 9.90 Å². The zero-order chi connectivity index (χ0) is 20.9. The van der Waals surface area contributed by atoms with Crippen molar-refractivity contribution in [1.29, 1.82) is 0 Å². The Morgan fingerprint density at radius 2 is 1.97 bits per heavy atom. The molecule has 3 N–H and O–H groups in total. The van der Waals surface area contributed by atoms with E-state index in [0.29, 0.717) is 15.4 Å². The molecule has 7 nitrogen and oxygen atoms in total. The first-order valence-electron chi connectivity index (χ1n) is 8.91. The molecule has 0 atom stereocenters. The highest BCUT2D eigenvalue weighted by Crippen LogP contribution is 2.31. The number of hydrogen-bond acceptors (Lipinski definition) is 7. The normalized spacial score (nSPS) is 11.2. The molecular formula is C21H16N4O3S2. The second kappa shape index (κ2) is 8.93. The van der Waals surface area contributed by atoms with Crippen molar-refractivity contribution in [2.24, 2.45) is 5.10 Å². The number of benzene rings is 2. The van der Waals surface area contributed by atoms with Gasteiger partial charge in [0.15, 0.2) is 5.16 Å². The quantitative estimate of drug-likeness (QED) is 0.185. The summed E-state index contributed by atoms with van der Waals surface area (Å²) in [6, 6.07) is 16.1. The van der Waals surface area contributed by atoms with Crippen LogP contribution in [0.1, 0.15) is 5.56 Å². The minimum Gasteiger partial charge on any atom is -0.508 e. The Kier molecular flexibility index (Phi) is 5.92. The summed E-state index contributed by atoms with van der Waals surface area (Å²) in [5.41, 5.74) is 4.74. The number of nitrogens with one attached hydrogen (secondary N) is 2. The molecule has 0 aliphatic rings. The number of aromatic amines is 1. The van der Waals surface area contributed by atoms with Gasteiger partial charge in [0.2, 0.25) is 0 Å². The molecule has 0 bridgehead atoms. The lowest BCUT2D eigenvalue weighted by Gasteiger charge is -2.02. The lowest BCUT2D eigenvalue weighted by molar-refractivity contribution is -0.118. The molecule has 2 aromatic carbocycles. The Morgan fingerprint density at radius 1 is 1.20 bits per heavy atom. The zero-order valence-corrected chi connectivity index (χ0v) is 17.2. The molecule has 0 radical (unpaired) electrons. The molecule has 0 fully saturated rings. The molecule has 0 saturated carbocycles. The molecule has 0 aliphatic heterocycles. The number of rotatable bonds is 6. The minimum atomic E-state index is -0.325. The molecule has 0 unspecified atom stereocenters. The van der Waals surface area contributed by atoms with Crippen molar-refractivity contribution in [1.82, 2.24) is 15.4 Å². The molecule has 0 saturated heterocycles. The lowest BCUT2D eigenvalue weighted by Crippen LogP contribution is -2.20. The molecule has 9 heteroatoms. The second-order valence-electron chi connectivity index (χ2n) is 6.24. The Morgan fingerprint density at radius 3 is 2.73 bits per heavy atom. The predicted molar refractivity (Wildman–Crippen MR) is 120 cm³/mol. The second-order valence-corrected chi connectivity index (χ2v) is 8.06. The Balaban J connectivity index is 1.41. The van der Waals surface area contributed by atoms with Crippen LogP contribution in [-0.4, -0.2) is 32.9 Å². The van der Waals surface area contributed by atoms with Crippen molar-refractivity contribution in [3.63, 3.8) is 0 Å². The van der Waals surface area contributed by atoms with Crippen LogP contribution in [0.3, 0.4) is 0 Å². The number of hydrazone groups is 1. The highest BCUT2D eigenvalue weighted by Gasteiger charge is 2.13. The van der Waals surface area contributed by atoms with Gasteiger partial charge >= 0.3 is 0 Å². The summed E-state index contributed by atoms with van der Waals surface area (Å²) in [6.07, 6.45) is 1.48. The third-order valence-corrected chi connectivity index (χ3v) is 5.89. The van der Waals surface area contributed by atoms with Gasteiger partial charge in [-0.25, -0.2) is 10.4 Å². The van der Waals surface area contributed by atoms with Crippen LogP contribution in [-0.2, 0) is 4.79 Å². The summed E-state index contributed by atoms with van der Waals surface area (Å²) < 4.78 is 0. The minimum absolute atomic E-state index is 0.0539. The first-order chi connectivity index (χ1) is 14.6. The summed E-state index contributed by atoms with van der Waals surface area (Å²) in [4.78, 5) is 32.5. The van der Waals surface area contributed by atoms with E-state index in [1.165, 1.54) is 29.7 Å². The monoisotopic (exact) mass is 436 g/mol. The van der Waals surface area contributed by atoms with Gasteiger partial charge in [0, 0.05) is 10.9 Å². The van der Waals surface area contributed by atoms with Gasteiger partial charge in [0.05, 0.1) is 17.4 Å². The van der Waals surface area contributed by atoms with Crippen molar-refractivity contribution in [2.75, 3.05) is 5.75 Å². The maximum absolute atomic E-state index is 12.6. The van der Waals surface area contributed by atoms with Gasteiger partial charge < -0.3 is 10.1 Å². The molecule has 1 amide bonds. The topological polar surface area (TPSA) is 107 Å². The maximum atomic E-state index is 12.6. The number of nitrogens with zero attached hydrogens (tertiary/aromatic N) is 2. The standard InChI is InChI=1S/C21H16N4O3S2/c26-15-8-6-13(7-9-15)10-22-25-17(27)12-30-21-23-19(28)18-16(11-29-20(18)24-21)14-4-2-1-3-5-14/h1-11,26H,12H2,(H,25,27)(H,23,24,28)/b22-10+. The Hall–Kier alpha value is -3.43. The number of fused-ring (bicyclic) bond motifs is 1. The predicted octanol–water partition coefficient (Wildman–Crippen LogP) is 3.60. The van der Waals surface area contributed by atoms with E-state index in [1.807, 2.05) is 35.7 Å². The van der Waals surface area contributed by atoms with Gasteiger partial charge in [-0.05, 0) is 35.4 Å². The number of amides is 1. The molecule has 0 spiro atoms.